The molecule has 0 fully saturated rings. The van der Waals surface area contributed by atoms with Gasteiger partial charge in [0.15, 0.2) is 0 Å². The van der Waals surface area contributed by atoms with Crippen molar-refractivity contribution in [3.05, 3.63) is 0 Å². The second-order valence-electron chi connectivity index (χ2n) is 5.35. The minimum absolute atomic E-state index is 0.0456. The van der Waals surface area contributed by atoms with Gasteiger partial charge in [0.2, 0.25) is 10.0 Å². The predicted octanol–water partition coefficient (Wildman–Crippen LogP) is 0.265. The molecule has 2 unspecified atom stereocenters. The molecule has 0 saturated carbocycles. The van der Waals surface area contributed by atoms with Gasteiger partial charge in [-0.3, -0.25) is 0 Å². The molecule has 0 aromatic rings. The summed E-state index contributed by atoms with van der Waals surface area (Å²) in [4.78, 5) is 1.82. The van der Waals surface area contributed by atoms with Crippen LogP contribution in [0, 0.1) is 5.92 Å². The van der Waals surface area contributed by atoms with Gasteiger partial charge in [-0.05, 0) is 26.9 Å². The summed E-state index contributed by atoms with van der Waals surface area (Å²) in [6.45, 7) is 5.95. The van der Waals surface area contributed by atoms with Crippen LogP contribution < -0.4 is 4.72 Å². The number of likely N-dealkylation sites (N-methyl/N-ethyl adjacent to an activating group) is 1. The average molecular weight is 266 g/mol. The lowest BCUT2D eigenvalue weighted by Gasteiger charge is -2.27. The largest absolute Gasteiger partial charge is 0.387 e. The molecule has 0 aromatic carbocycles. The Bertz CT molecular complexity index is 313. The van der Waals surface area contributed by atoms with Gasteiger partial charge >= 0.3 is 0 Å². The van der Waals surface area contributed by atoms with Gasteiger partial charge in [-0.25, -0.2) is 13.1 Å². The number of hydrogen-bond donors (Lipinski definition) is 2. The Kier molecular flexibility index (Phi) is 6.61. The van der Waals surface area contributed by atoms with Crippen molar-refractivity contribution in [2.75, 3.05) is 32.9 Å². The van der Waals surface area contributed by atoms with Gasteiger partial charge in [0.1, 0.15) is 0 Å². The van der Waals surface area contributed by atoms with Crippen LogP contribution in [0.5, 0.6) is 0 Å². The molecular weight excluding hydrogens is 240 g/mol. The maximum Gasteiger partial charge on any atom is 0.211 e. The van der Waals surface area contributed by atoms with Crippen LogP contribution in [0.2, 0.25) is 0 Å². The molecule has 104 valence electrons. The monoisotopic (exact) mass is 266 g/mol. The van der Waals surface area contributed by atoms with Gasteiger partial charge in [0.05, 0.1) is 11.4 Å². The Labute approximate surface area is 105 Å². The van der Waals surface area contributed by atoms with Crippen molar-refractivity contribution in [1.82, 2.24) is 9.62 Å². The maximum absolute atomic E-state index is 11.7. The van der Waals surface area contributed by atoms with Crippen LogP contribution >= 0.6 is 0 Å². The minimum Gasteiger partial charge on any atom is -0.387 e. The Balaban J connectivity index is 4.26. The molecule has 6 heteroatoms. The van der Waals surface area contributed by atoms with E-state index in [9.17, 15) is 13.5 Å². The number of nitrogens with zero attached hydrogens (tertiary/aromatic N) is 1. The molecule has 0 amide bonds. The van der Waals surface area contributed by atoms with Gasteiger partial charge in [0.25, 0.3) is 0 Å². The van der Waals surface area contributed by atoms with Crippen LogP contribution in [0.4, 0.5) is 0 Å². The lowest BCUT2D eigenvalue weighted by atomic mass is 10.1. The smallest absolute Gasteiger partial charge is 0.211 e. The Morgan fingerprint density at radius 3 is 2.35 bits per heavy atom. The molecule has 0 spiro atoms. The van der Waals surface area contributed by atoms with E-state index in [0.29, 0.717) is 6.54 Å². The molecule has 0 bridgehead atoms. The fourth-order valence-corrected chi connectivity index (χ4v) is 3.19. The van der Waals surface area contributed by atoms with E-state index in [1.807, 2.05) is 32.8 Å². The van der Waals surface area contributed by atoms with E-state index in [-0.39, 0.29) is 18.2 Å². The molecule has 0 radical (unpaired) electrons. The standard InChI is InChI=1S/C11H26N2O3S/c1-6-10(2)7-17(15,16)12-8-11(3,14)9-13(4)5/h10,12,14H,6-9H2,1-5H3. The van der Waals surface area contributed by atoms with Crippen molar-refractivity contribution in [1.29, 1.82) is 0 Å². The summed E-state index contributed by atoms with van der Waals surface area (Å²) < 4.78 is 25.9. The van der Waals surface area contributed by atoms with Crippen molar-refractivity contribution >= 4 is 10.0 Å². The zero-order valence-corrected chi connectivity index (χ0v) is 12.3. The highest BCUT2D eigenvalue weighted by molar-refractivity contribution is 7.89. The number of rotatable bonds is 8. The summed E-state index contributed by atoms with van der Waals surface area (Å²) in [5.41, 5.74) is -1.05. The van der Waals surface area contributed by atoms with Crippen LogP contribution in [0.3, 0.4) is 0 Å². The molecule has 2 N–H and O–H groups in total. The zero-order chi connectivity index (χ0) is 13.7. The normalized spacial score (nSPS) is 18.1. The van der Waals surface area contributed by atoms with E-state index in [1.54, 1.807) is 6.92 Å². The van der Waals surface area contributed by atoms with Crippen LogP contribution in [-0.4, -0.2) is 57.0 Å². The van der Waals surface area contributed by atoms with Crippen molar-refractivity contribution in [2.45, 2.75) is 32.8 Å². The molecule has 0 aliphatic carbocycles. The van der Waals surface area contributed by atoms with E-state index in [0.717, 1.165) is 6.42 Å². The third kappa shape index (κ3) is 8.54. The summed E-state index contributed by atoms with van der Waals surface area (Å²) in [6.07, 6.45) is 0.828. The second kappa shape index (κ2) is 6.68. The molecule has 0 rings (SSSR count). The van der Waals surface area contributed by atoms with E-state index in [4.69, 9.17) is 0 Å². The fourth-order valence-electron chi connectivity index (χ4n) is 1.55. The van der Waals surface area contributed by atoms with Gasteiger partial charge in [-0.2, -0.15) is 0 Å². The van der Waals surface area contributed by atoms with Gasteiger partial charge in [-0.15, -0.1) is 0 Å². The maximum atomic E-state index is 11.7. The Morgan fingerprint density at radius 1 is 1.41 bits per heavy atom. The van der Waals surface area contributed by atoms with Crippen LogP contribution in [-0.2, 0) is 10.0 Å². The second-order valence-corrected chi connectivity index (χ2v) is 7.20. The van der Waals surface area contributed by atoms with Crippen molar-refractivity contribution in [2.24, 2.45) is 5.92 Å². The molecule has 2 atom stereocenters. The van der Waals surface area contributed by atoms with Crippen molar-refractivity contribution in [3.8, 4) is 0 Å². The highest BCUT2D eigenvalue weighted by Gasteiger charge is 2.24. The first kappa shape index (κ1) is 16.8. The van der Waals surface area contributed by atoms with E-state index < -0.39 is 15.6 Å². The number of sulfonamides is 1. The third-order valence-electron chi connectivity index (χ3n) is 2.53. The first-order chi connectivity index (χ1) is 7.58. The van der Waals surface area contributed by atoms with Crippen LogP contribution in [0.15, 0.2) is 0 Å². The summed E-state index contributed by atoms with van der Waals surface area (Å²) >= 11 is 0. The fraction of sp³-hybridized carbons (Fsp3) is 1.00. The molecule has 0 saturated heterocycles. The summed E-state index contributed by atoms with van der Waals surface area (Å²) in [6, 6.07) is 0. The highest BCUT2D eigenvalue weighted by Crippen LogP contribution is 2.07. The third-order valence-corrected chi connectivity index (χ3v) is 4.12. The molecule has 5 nitrogen and oxygen atoms in total. The van der Waals surface area contributed by atoms with Gasteiger partial charge < -0.3 is 10.0 Å². The molecule has 0 aliphatic heterocycles. The molecule has 17 heavy (non-hydrogen) atoms. The predicted molar refractivity (Wildman–Crippen MR) is 70.4 cm³/mol. The van der Waals surface area contributed by atoms with Crippen molar-refractivity contribution in [3.63, 3.8) is 0 Å². The highest BCUT2D eigenvalue weighted by atomic mass is 32.2. The molecule has 0 aliphatic rings. The minimum atomic E-state index is -3.29. The number of aliphatic hydroxyl groups is 1. The van der Waals surface area contributed by atoms with Gasteiger partial charge in [-0.1, -0.05) is 20.3 Å². The van der Waals surface area contributed by atoms with Crippen molar-refractivity contribution < 1.29 is 13.5 Å². The Morgan fingerprint density at radius 2 is 1.94 bits per heavy atom. The lowest BCUT2D eigenvalue weighted by molar-refractivity contribution is 0.0386. The Hall–Kier alpha value is -0.170. The molecule has 0 aromatic heterocycles. The van der Waals surface area contributed by atoms with Crippen LogP contribution in [0.1, 0.15) is 27.2 Å². The van der Waals surface area contributed by atoms with Gasteiger partial charge in [0, 0.05) is 13.1 Å². The first-order valence-electron chi connectivity index (χ1n) is 5.92. The number of nitrogens with one attached hydrogen (secondary N) is 1. The molecule has 0 heterocycles. The van der Waals surface area contributed by atoms with E-state index in [2.05, 4.69) is 4.72 Å². The number of hydrogen-bond acceptors (Lipinski definition) is 4. The zero-order valence-electron chi connectivity index (χ0n) is 11.5. The quantitative estimate of drug-likeness (QED) is 0.661. The summed E-state index contributed by atoms with van der Waals surface area (Å²) in [7, 11) is 0.380. The van der Waals surface area contributed by atoms with E-state index >= 15 is 0 Å². The first-order valence-corrected chi connectivity index (χ1v) is 7.57. The summed E-state index contributed by atoms with van der Waals surface area (Å²) in [5.74, 6) is 0.243. The topological polar surface area (TPSA) is 69.6 Å². The molecular formula is C11H26N2O3S. The van der Waals surface area contributed by atoms with Crippen LogP contribution in [0.25, 0.3) is 0 Å². The average Bonchev–Trinajstić information content (AvgIpc) is 2.12. The van der Waals surface area contributed by atoms with E-state index in [1.165, 1.54) is 0 Å². The summed E-state index contributed by atoms with van der Waals surface area (Å²) in [5, 5.41) is 9.97. The lowest BCUT2D eigenvalue weighted by Crippen LogP contribution is -2.47. The SMILES string of the molecule is CCC(C)CS(=O)(=O)NCC(C)(O)CN(C)C.